The van der Waals surface area contributed by atoms with Crippen molar-refractivity contribution in [1.82, 2.24) is 24.7 Å². The Kier molecular flexibility index (Phi) is 6.88. The zero-order valence-electron chi connectivity index (χ0n) is 20.6. The number of ether oxygens (including phenoxy) is 2. The molecule has 0 bridgehead atoms. The third kappa shape index (κ3) is 4.84. The SMILES string of the molecule is COc1cccc(OC)c1-n1c(NS(=O)(=O)[C@@H](C)[C@](C)(O)c2ncc(F)cn2)nnc1-c1ccc(C)o1. The summed E-state index contributed by atoms with van der Waals surface area (Å²) in [5.41, 5.74) is -1.78. The number of nitrogens with one attached hydrogen (secondary N) is 1. The number of sulfonamides is 1. The van der Waals surface area contributed by atoms with E-state index in [0.717, 1.165) is 12.4 Å². The Morgan fingerprint density at radius 1 is 1.11 bits per heavy atom. The lowest BCUT2D eigenvalue weighted by Gasteiger charge is -2.28. The van der Waals surface area contributed by atoms with Crippen molar-refractivity contribution in [3.63, 3.8) is 0 Å². The molecule has 196 valence electrons. The fraction of sp³-hybridized carbons (Fsp3) is 0.304. The quantitative estimate of drug-likeness (QED) is 0.329. The number of halogens is 1. The minimum Gasteiger partial charge on any atom is -0.494 e. The molecule has 1 aromatic carbocycles. The van der Waals surface area contributed by atoms with Crippen LogP contribution >= 0.6 is 0 Å². The van der Waals surface area contributed by atoms with Gasteiger partial charge in [-0.25, -0.2) is 22.8 Å². The first-order valence-corrected chi connectivity index (χ1v) is 12.5. The molecule has 0 radical (unpaired) electrons. The van der Waals surface area contributed by atoms with E-state index in [1.54, 1.807) is 37.3 Å². The molecule has 37 heavy (non-hydrogen) atoms. The van der Waals surface area contributed by atoms with Crippen LogP contribution in [0, 0.1) is 12.7 Å². The molecule has 4 rings (SSSR count). The molecule has 3 aromatic heterocycles. The molecule has 4 aromatic rings. The standard InChI is InChI=1S/C23H25FN6O6S/c1-13-9-10-18(36-13)20-27-28-22(30(20)19-16(34-4)7-6-8-17(19)35-5)29-37(32,33)14(2)23(3,31)21-25-11-15(24)12-26-21/h6-12,14,31H,1-5H3,(H,28,29)/t14-,23-/m0/s1. The third-order valence-corrected chi connectivity index (χ3v) is 7.67. The van der Waals surface area contributed by atoms with E-state index in [0.29, 0.717) is 28.7 Å². The summed E-state index contributed by atoms with van der Waals surface area (Å²) in [5.74, 6) is 0.516. The molecule has 0 saturated carbocycles. The van der Waals surface area contributed by atoms with Crippen LogP contribution in [0.3, 0.4) is 0 Å². The van der Waals surface area contributed by atoms with Crippen LogP contribution in [-0.4, -0.2) is 57.7 Å². The van der Waals surface area contributed by atoms with Gasteiger partial charge in [0.05, 0.1) is 26.6 Å². The van der Waals surface area contributed by atoms with Crippen molar-refractivity contribution >= 4 is 16.0 Å². The van der Waals surface area contributed by atoms with Crippen LogP contribution in [0.25, 0.3) is 17.3 Å². The van der Waals surface area contributed by atoms with E-state index < -0.39 is 26.7 Å². The van der Waals surface area contributed by atoms with E-state index in [2.05, 4.69) is 24.9 Å². The van der Waals surface area contributed by atoms with Gasteiger partial charge < -0.3 is 19.0 Å². The molecular weight excluding hydrogens is 507 g/mol. The lowest BCUT2D eigenvalue weighted by molar-refractivity contribution is 0.0469. The minimum atomic E-state index is -4.37. The van der Waals surface area contributed by atoms with E-state index in [9.17, 15) is 17.9 Å². The van der Waals surface area contributed by atoms with Crippen LogP contribution in [-0.2, 0) is 15.6 Å². The topological polar surface area (TPSA) is 154 Å². The number of aliphatic hydroxyl groups is 1. The highest BCUT2D eigenvalue weighted by molar-refractivity contribution is 7.93. The molecule has 0 aliphatic heterocycles. The molecule has 0 aliphatic carbocycles. The average Bonchev–Trinajstić information content (AvgIpc) is 3.48. The molecule has 0 aliphatic rings. The summed E-state index contributed by atoms with van der Waals surface area (Å²) >= 11 is 0. The van der Waals surface area contributed by atoms with E-state index in [1.807, 2.05) is 0 Å². The summed E-state index contributed by atoms with van der Waals surface area (Å²) in [6.45, 7) is 4.23. The maximum Gasteiger partial charge on any atom is 0.243 e. The number of hydrogen-bond acceptors (Lipinski definition) is 10. The Labute approximate surface area is 212 Å². The van der Waals surface area contributed by atoms with E-state index >= 15 is 0 Å². The number of rotatable bonds is 9. The largest absolute Gasteiger partial charge is 0.494 e. The summed E-state index contributed by atoms with van der Waals surface area (Å²) in [6.07, 6.45) is 1.68. The van der Waals surface area contributed by atoms with Gasteiger partial charge in [0.1, 0.15) is 33.8 Å². The summed E-state index contributed by atoms with van der Waals surface area (Å²) in [7, 11) is -1.47. The second-order valence-corrected chi connectivity index (χ2v) is 10.3. The van der Waals surface area contributed by atoms with Crippen LogP contribution in [0.4, 0.5) is 10.3 Å². The molecule has 0 fully saturated rings. The van der Waals surface area contributed by atoms with Crippen molar-refractivity contribution in [3.8, 4) is 28.8 Å². The first-order chi connectivity index (χ1) is 17.5. The number of benzene rings is 1. The number of furan rings is 1. The lowest BCUT2D eigenvalue weighted by atomic mass is 10.0. The van der Waals surface area contributed by atoms with Gasteiger partial charge in [-0.3, -0.25) is 9.29 Å². The van der Waals surface area contributed by atoms with Crippen molar-refractivity contribution in [2.24, 2.45) is 0 Å². The molecule has 0 spiro atoms. The number of nitrogens with zero attached hydrogens (tertiary/aromatic N) is 5. The highest BCUT2D eigenvalue weighted by Gasteiger charge is 2.43. The predicted molar refractivity (Wildman–Crippen MR) is 130 cm³/mol. The second-order valence-electron chi connectivity index (χ2n) is 8.27. The van der Waals surface area contributed by atoms with Gasteiger partial charge in [-0.15, -0.1) is 10.2 Å². The van der Waals surface area contributed by atoms with Crippen molar-refractivity contribution in [1.29, 1.82) is 0 Å². The Morgan fingerprint density at radius 3 is 2.27 bits per heavy atom. The Bertz CT molecular complexity index is 1490. The maximum absolute atomic E-state index is 13.5. The van der Waals surface area contributed by atoms with Gasteiger partial charge in [0.25, 0.3) is 0 Å². The molecule has 12 nitrogen and oxygen atoms in total. The monoisotopic (exact) mass is 532 g/mol. The molecular formula is C23H25FN6O6S. The Hall–Kier alpha value is -4.04. The predicted octanol–water partition coefficient (Wildman–Crippen LogP) is 2.82. The number of aryl methyl sites for hydroxylation is 1. The summed E-state index contributed by atoms with van der Waals surface area (Å²) in [5, 5.41) is 17.7. The van der Waals surface area contributed by atoms with E-state index in [4.69, 9.17) is 13.9 Å². The molecule has 3 heterocycles. The molecule has 2 atom stereocenters. The normalized spacial score (nSPS) is 14.1. The van der Waals surface area contributed by atoms with Gasteiger partial charge >= 0.3 is 0 Å². The molecule has 0 unspecified atom stereocenters. The summed E-state index contributed by atoms with van der Waals surface area (Å²) < 4.78 is 60.7. The summed E-state index contributed by atoms with van der Waals surface area (Å²) in [6, 6.07) is 8.40. The number of aromatic nitrogens is 5. The van der Waals surface area contributed by atoms with Crippen molar-refractivity contribution < 1.29 is 31.8 Å². The lowest BCUT2D eigenvalue weighted by Crippen LogP contribution is -2.44. The minimum absolute atomic E-state index is 0.162. The highest BCUT2D eigenvalue weighted by atomic mass is 32.2. The molecule has 14 heteroatoms. The van der Waals surface area contributed by atoms with E-state index in [-0.39, 0.29) is 17.6 Å². The van der Waals surface area contributed by atoms with Crippen LogP contribution in [0.2, 0.25) is 0 Å². The van der Waals surface area contributed by atoms with Crippen LogP contribution in [0.1, 0.15) is 25.4 Å². The summed E-state index contributed by atoms with van der Waals surface area (Å²) in [4.78, 5) is 7.48. The molecule has 0 saturated heterocycles. The fourth-order valence-corrected chi connectivity index (χ4v) is 4.87. The van der Waals surface area contributed by atoms with Crippen molar-refractivity contribution in [3.05, 3.63) is 60.1 Å². The smallest absolute Gasteiger partial charge is 0.243 e. The Balaban J connectivity index is 1.84. The van der Waals surface area contributed by atoms with Gasteiger partial charge in [0.15, 0.2) is 17.4 Å². The van der Waals surface area contributed by atoms with Crippen LogP contribution < -0.4 is 14.2 Å². The van der Waals surface area contributed by atoms with Crippen molar-refractivity contribution in [2.75, 3.05) is 18.9 Å². The van der Waals surface area contributed by atoms with Crippen LogP contribution in [0.5, 0.6) is 11.5 Å². The first-order valence-electron chi connectivity index (χ1n) is 10.9. The maximum atomic E-state index is 13.5. The van der Waals surface area contributed by atoms with Gasteiger partial charge in [-0.1, -0.05) is 6.07 Å². The van der Waals surface area contributed by atoms with Gasteiger partial charge in [-0.05, 0) is 45.0 Å². The number of hydrogen-bond donors (Lipinski definition) is 2. The van der Waals surface area contributed by atoms with E-state index in [1.165, 1.54) is 32.6 Å². The zero-order valence-corrected chi connectivity index (χ0v) is 21.4. The van der Waals surface area contributed by atoms with Gasteiger partial charge in [0, 0.05) is 0 Å². The zero-order chi connectivity index (χ0) is 27.0. The molecule has 2 N–H and O–H groups in total. The average molecular weight is 533 g/mol. The van der Waals surface area contributed by atoms with Gasteiger partial charge in [-0.2, -0.15) is 0 Å². The number of methoxy groups -OCH3 is 2. The van der Waals surface area contributed by atoms with Crippen LogP contribution in [0.15, 0.2) is 47.1 Å². The second kappa shape index (κ2) is 9.78. The number of para-hydroxylation sites is 1. The fourth-order valence-electron chi connectivity index (χ4n) is 3.60. The third-order valence-electron chi connectivity index (χ3n) is 5.81. The number of anilines is 1. The van der Waals surface area contributed by atoms with Crippen molar-refractivity contribution in [2.45, 2.75) is 31.6 Å². The first kappa shape index (κ1) is 26.0. The Morgan fingerprint density at radius 2 is 1.73 bits per heavy atom. The highest BCUT2D eigenvalue weighted by Crippen LogP contribution is 2.38. The van der Waals surface area contributed by atoms with Gasteiger partial charge in [0.2, 0.25) is 21.8 Å². The molecule has 0 amide bonds.